The van der Waals surface area contributed by atoms with E-state index in [1.165, 1.54) is 17.5 Å². The molecule has 1 aliphatic rings. The average Bonchev–Trinajstić information content (AvgIpc) is 3.26. The molecule has 6 heteroatoms. The molecule has 0 spiro atoms. The normalized spacial score (nSPS) is 16.6. The third kappa shape index (κ3) is 5.15. The highest BCUT2D eigenvalue weighted by molar-refractivity contribution is 5.92. The Hall–Kier alpha value is -2.76. The SMILES string of the molecule is CN(C)c1ccc(CCCNC(=O)C2CCCN(C(=O)c3ccco3)C2)cc1. The first-order valence-corrected chi connectivity index (χ1v) is 9.91. The summed E-state index contributed by atoms with van der Waals surface area (Å²) >= 11 is 0. The molecule has 3 rings (SSSR count). The number of amides is 2. The second-order valence-corrected chi connectivity index (χ2v) is 7.52. The Morgan fingerprint density at radius 3 is 2.68 bits per heavy atom. The summed E-state index contributed by atoms with van der Waals surface area (Å²) < 4.78 is 5.19. The first-order chi connectivity index (χ1) is 13.5. The maximum Gasteiger partial charge on any atom is 0.289 e. The molecule has 150 valence electrons. The van der Waals surface area contributed by atoms with E-state index in [9.17, 15) is 9.59 Å². The van der Waals surface area contributed by atoms with Gasteiger partial charge in [-0.1, -0.05) is 12.1 Å². The van der Waals surface area contributed by atoms with Crippen molar-refractivity contribution in [2.24, 2.45) is 5.92 Å². The van der Waals surface area contributed by atoms with Gasteiger partial charge in [-0.3, -0.25) is 9.59 Å². The van der Waals surface area contributed by atoms with Gasteiger partial charge in [0.05, 0.1) is 12.2 Å². The number of hydrogen-bond donors (Lipinski definition) is 1. The molecular weight excluding hydrogens is 354 g/mol. The molecule has 1 atom stereocenters. The maximum absolute atomic E-state index is 12.5. The standard InChI is InChI=1S/C22H29N3O3/c1-24(2)19-11-9-17(10-12-19)6-3-13-23-21(26)18-7-4-14-25(16-18)22(27)20-8-5-15-28-20/h5,8-12,15,18H,3-4,6-7,13-14,16H2,1-2H3,(H,23,26). The van der Waals surface area contributed by atoms with Gasteiger partial charge in [0.1, 0.15) is 0 Å². The summed E-state index contributed by atoms with van der Waals surface area (Å²) in [6, 6.07) is 11.9. The monoisotopic (exact) mass is 383 g/mol. The van der Waals surface area contributed by atoms with Crippen LogP contribution >= 0.6 is 0 Å². The number of nitrogens with one attached hydrogen (secondary N) is 1. The summed E-state index contributed by atoms with van der Waals surface area (Å²) in [6.45, 7) is 1.78. The highest BCUT2D eigenvalue weighted by Gasteiger charge is 2.29. The van der Waals surface area contributed by atoms with E-state index in [0.717, 1.165) is 25.7 Å². The van der Waals surface area contributed by atoms with Gasteiger partial charge in [-0.25, -0.2) is 0 Å². The van der Waals surface area contributed by atoms with Gasteiger partial charge >= 0.3 is 0 Å². The number of anilines is 1. The van der Waals surface area contributed by atoms with Crippen LogP contribution in [-0.4, -0.2) is 50.4 Å². The van der Waals surface area contributed by atoms with Gasteiger partial charge in [-0.15, -0.1) is 0 Å². The van der Waals surface area contributed by atoms with Crippen LogP contribution in [-0.2, 0) is 11.2 Å². The lowest BCUT2D eigenvalue weighted by atomic mass is 9.97. The van der Waals surface area contributed by atoms with Crippen molar-refractivity contribution < 1.29 is 14.0 Å². The molecule has 0 bridgehead atoms. The third-order valence-corrected chi connectivity index (χ3v) is 5.21. The Morgan fingerprint density at radius 2 is 2.00 bits per heavy atom. The molecule has 0 saturated carbocycles. The molecule has 0 radical (unpaired) electrons. The Balaban J connectivity index is 1.41. The van der Waals surface area contributed by atoms with Gasteiger partial charge < -0.3 is 19.5 Å². The van der Waals surface area contributed by atoms with E-state index in [1.54, 1.807) is 17.0 Å². The number of aryl methyl sites for hydroxylation is 1. The van der Waals surface area contributed by atoms with Crippen LogP contribution in [0.4, 0.5) is 5.69 Å². The minimum Gasteiger partial charge on any atom is -0.459 e. The Morgan fingerprint density at radius 1 is 1.21 bits per heavy atom. The second kappa shape index (κ2) is 9.44. The number of carbonyl (C=O) groups is 2. The number of hydrogen-bond acceptors (Lipinski definition) is 4. The lowest BCUT2D eigenvalue weighted by Crippen LogP contribution is -2.45. The predicted molar refractivity (Wildman–Crippen MR) is 109 cm³/mol. The summed E-state index contributed by atoms with van der Waals surface area (Å²) in [6.07, 6.45) is 4.98. The summed E-state index contributed by atoms with van der Waals surface area (Å²) in [5.41, 5.74) is 2.45. The summed E-state index contributed by atoms with van der Waals surface area (Å²) in [5.74, 6) is 0.0944. The van der Waals surface area contributed by atoms with Crippen molar-refractivity contribution >= 4 is 17.5 Å². The van der Waals surface area contributed by atoms with E-state index in [2.05, 4.69) is 34.5 Å². The zero-order valence-corrected chi connectivity index (χ0v) is 16.7. The van der Waals surface area contributed by atoms with Gasteiger partial charge in [0.25, 0.3) is 5.91 Å². The highest BCUT2D eigenvalue weighted by Crippen LogP contribution is 2.19. The van der Waals surface area contributed by atoms with Gasteiger partial charge in [0.2, 0.25) is 5.91 Å². The van der Waals surface area contributed by atoms with Crippen molar-refractivity contribution in [3.8, 4) is 0 Å². The molecular formula is C22H29N3O3. The summed E-state index contributed by atoms with van der Waals surface area (Å²) in [5, 5.41) is 3.04. The molecule has 28 heavy (non-hydrogen) atoms. The van der Waals surface area contributed by atoms with Crippen LogP contribution in [0.25, 0.3) is 0 Å². The molecule has 6 nitrogen and oxygen atoms in total. The van der Waals surface area contributed by atoms with Crippen molar-refractivity contribution in [2.45, 2.75) is 25.7 Å². The second-order valence-electron chi connectivity index (χ2n) is 7.52. The fraction of sp³-hybridized carbons (Fsp3) is 0.455. The Kier molecular flexibility index (Phi) is 6.74. The van der Waals surface area contributed by atoms with Crippen molar-refractivity contribution in [1.82, 2.24) is 10.2 Å². The van der Waals surface area contributed by atoms with Gasteiger partial charge in [0.15, 0.2) is 5.76 Å². The van der Waals surface area contributed by atoms with Crippen LogP contribution in [0.5, 0.6) is 0 Å². The molecule has 1 fully saturated rings. The van der Waals surface area contributed by atoms with Gasteiger partial charge in [0, 0.05) is 39.4 Å². The molecule has 2 amide bonds. The van der Waals surface area contributed by atoms with E-state index in [-0.39, 0.29) is 17.7 Å². The zero-order chi connectivity index (χ0) is 19.9. The van der Waals surface area contributed by atoms with Crippen LogP contribution in [0.3, 0.4) is 0 Å². The number of likely N-dealkylation sites (tertiary alicyclic amines) is 1. The minimum absolute atomic E-state index is 0.0416. The molecule has 1 unspecified atom stereocenters. The number of benzene rings is 1. The zero-order valence-electron chi connectivity index (χ0n) is 16.7. The van der Waals surface area contributed by atoms with E-state index in [4.69, 9.17) is 4.42 Å². The number of furan rings is 1. The van der Waals surface area contributed by atoms with E-state index in [1.807, 2.05) is 14.1 Å². The minimum atomic E-state index is -0.146. The molecule has 1 aromatic carbocycles. The number of piperidine rings is 1. The van der Waals surface area contributed by atoms with E-state index >= 15 is 0 Å². The Bertz CT molecular complexity index is 769. The maximum atomic E-state index is 12.5. The first-order valence-electron chi connectivity index (χ1n) is 9.91. The number of nitrogens with zero attached hydrogens (tertiary/aromatic N) is 2. The van der Waals surface area contributed by atoms with Crippen molar-refractivity contribution in [1.29, 1.82) is 0 Å². The van der Waals surface area contributed by atoms with E-state index < -0.39 is 0 Å². The fourth-order valence-electron chi connectivity index (χ4n) is 3.54. The average molecular weight is 383 g/mol. The van der Waals surface area contributed by atoms with Crippen molar-refractivity contribution in [3.05, 3.63) is 54.0 Å². The lowest BCUT2D eigenvalue weighted by Gasteiger charge is -2.31. The van der Waals surface area contributed by atoms with E-state index in [0.29, 0.717) is 25.4 Å². The first kappa shape index (κ1) is 20.0. The molecule has 0 aliphatic carbocycles. The highest BCUT2D eigenvalue weighted by atomic mass is 16.3. The molecule has 1 saturated heterocycles. The fourth-order valence-corrected chi connectivity index (χ4v) is 3.54. The van der Waals surface area contributed by atoms with Crippen molar-refractivity contribution in [3.63, 3.8) is 0 Å². The lowest BCUT2D eigenvalue weighted by molar-refractivity contribution is -0.126. The van der Waals surface area contributed by atoms with Crippen LogP contribution in [0.15, 0.2) is 47.1 Å². The largest absolute Gasteiger partial charge is 0.459 e. The molecule has 1 aliphatic heterocycles. The molecule has 2 aromatic rings. The summed E-state index contributed by atoms with van der Waals surface area (Å²) in [7, 11) is 4.05. The van der Waals surface area contributed by atoms with Gasteiger partial charge in [-0.2, -0.15) is 0 Å². The quantitative estimate of drug-likeness (QED) is 0.747. The topological polar surface area (TPSA) is 65.8 Å². The third-order valence-electron chi connectivity index (χ3n) is 5.21. The smallest absolute Gasteiger partial charge is 0.289 e. The van der Waals surface area contributed by atoms with Crippen LogP contribution in [0.1, 0.15) is 35.4 Å². The molecule has 2 heterocycles. The van der Waals surface area contributed by atoms with Crippen LogP contribution in [0, 0.1) is 5.92 Å². The van der Waals surface area contributed by atoms with Crippen molar-refractivity contribution in [2.75, 3.05) is 38.6 Å². The predicted octanol–water partition coefficient (Wildman–Crippen LogP) is 2.95. The van der Waals surface area contributed by atoms with Gasteiger partial charge in [-0.05, 0) is 55.5 Å². The van der Waals surface area contributed by atoms with Crippen LogP contribution < -0.4 is 10.2 Å². The number of rotatable bonds is 7. The Labute approximate surface area is 166 Å². The molecule has 1 N–H and O–H groups in total. The summed E-state index contributed by atoms with van der Waals surface area (Å²) in [4.78, 5) is 28.7. The number of carbonyl (C=O) groups excluding carboxylic acids is 2. The van der Waals surface area contributed by atoms with Crippen LogP contribution in [0.2, 0.25) is 0 Å². The molecule has 1 aromatic heterocycles.